The van der Waals surface area contributed by atoms with Crippen LogP contribution in [0.25, 0.3) is 5.69 Å². The first-order valence-electron chi connectivity index (χ1n) is 7.51. The summed E-state index contributed by atoms with van der Waals surface area (Å²) >= 11 is 6.03. The molecule has 0 unspecified atom stereocenters. The van der Waals surface area contributed by atoms with Gasteiger partial charge in [0.25, 0.3) is 0 Å². The number of nitrogens with zero attached hydrogens (tertiary/aromatic N) is 3. The van der Waals surface area contributed by atoms with Crippen molar-refractivity contribution in [3.8, 4) is 5.69 Å². The van der Waals surface area contributed by atoms with E-state index in [1.165, 1.54) is 0 Å². The van der Waals surface area contributed by atoms with E-state index in [2.05, 4.69) is 15.6 Å². The normalized spacial score (nSPS) is 12.2. The summed E-state index contributed by atoms with van der Waals surface area (Å²) in [6.45, 7) is 5.45. The van der Waals surface area contributed by atoms with Crippen LogP contribution in [0.3, 0.4) is 0 Å². The number of halogens is 1. The summed E-state index contributed by atoms with van der Waals surface area (Å²) in [5.74, 6) is 0.673. The van der Waals surface area contributed by atoms with Crippen LogP contribution < -0.4 is 5.32 Å². The minimum atomic E-state index is -0.390. The largest absolute Gasteiger partial charge is 0.361 e. The number of benzene rings is 1. The minimum absolute atomic E-state index is 0.159. The number of hydrogen-bond acceptors (Lipinski definition) is 4. The minimum Gasteiger partial charge on any atom is -0.361 e. The van der Waals surface area contributed by atoms with Crippen molar-refractivity contribution in [1.29, 1.82) is 0 Å². The lowest BCUT2D eigenvalue weighted by atomic mass is 9.99. The summed E-state index contributed by atoms with van der Waals surface area (Å²) in [4.78, 5) is 12.6. The van der Waals surface area contributed by atoms with Crippen molar-refractivity contribution >= 4 is 23.3 Å². The number of aromatic nitrogens is 3. The van der Waals surface area contributed by atoms with Gasteiger partial charge in [0.05, 0.1) is 23.5 Å². The van der Waals surface area contributed by atoms with Gasteiger partial charge in [0.15, 0.2) is 0 Å². The van der Waals surface area contributed by atoms with Crippen LogP contribution in [-0.2, 0) is 4.79 Å². The second kappa shape index (κ2) is 6.49. The van der Waals surface area contributed by atoms with Crippen LogP contribution in [0.4, 0.5) is 5.82 Å². The van der Waals surface area contributed by atoms with Crippen LogP contribution >= 0.6 is 11.6 Å². The molecular weight excluding hydrogens is 328 g/mol. The third kappa shape index (κ3) is 3.05. The number of hydrogen-bond donors (Lipinski definition) is 1. The summed E-state index contributed by atoms with van der Waals surface area (Å²) < 4.78 is 6.77. The highest BCUT2D eigenvalue weighted by atomic mass is 35.5. The van der Waals surface area contributed by atoms with Crippen molar-refractivity contribution in [2.75, 3.05) is 5.32 Å². The molecule has 3 rings (SSSR count). The van der Waals surface area contributed by atoms with Crippen molar-refractivity contribution in [3.63, 3.8) is 0 Å². The molecule has 0 aliphatic rings. The molecule has 0 radical (unpaired) electrons. The first-order valence-corrected chi connectivity index (χ1v) is 7.88. The molecule has 1 atom stereocenters. The Labute approximate surface area is 144 Å². The van der Waals surface area contributed by atoms with Gasteiger partial charge in [0.2, 0.25) is 5.91 Å². The molecule has 1 N–H and O–H groups in total. The van der Waals surface area contributed by atoms with Gasteiger partial charge in [-0.05, 0) is 39.0 Å². The maximum atomic E-state index is 12.6. The van der Waals surface area contributed by atoms with Gasteiger partial charge in [-0.2, -0.15) is 5.10 Å². The van der Waals surface area contributed by atoms with Crippen molar-refractivity contribution in [1.82, 2.24) is 14.9 Å². The average Bonchev–Trinajstić information content (AvgIpc) is 3.13. The Bertz CT molecular complexity index is 865. The van der Waals surface area contributed by atoms with E-state index < -0.39 is 0 Å². The fourth-order valence-corrected chi connectivity index (χ4v) is 2.87. The number of anilines is 1. The Morgan fingerprint density at radius 1 is 1.33 bits per heavy atom. The van der Waals surface area contributed by atoms with Gasteiger partial charge in [-0.3, -0.25) is 4.79 Å². The van der Waals surface area contributed by atoms with Crippen molar-refractivity contribution < 1.29 is 9.32 Å². The van der Waals surface area contributed by atoms with Gasteiger partial charge < -0.3 is 9.84 Å². The third-order valence-electron chi connectivity index (χ3n) is 3.86. The lowest BCUT2D eigenvalue weighted by molar-refractivity contribution is -0.117. The van der Waals surface area contributed by atoms with Crippen molar-refractivity contribution in [2.24, 2.45) is 0 Å². The van der Waals surface area contributed by atoms with E-state index in [0.717, 1.165) is 16.9 Å². The molecule has 7 heteroatoms. The fourth-order valence-electron chi connectivity index (χ4n) is 2.69. The summed E-state index contributed by atoms with van der Waals surface area (Å²) in [6, 6.07) is 9.00. The monoisotopic (exact) mass is 344 g/mol. The molecule has 0 spiro atoms. The molecule has 0 aliphatic heterocycles. The Balaban J connectivity index is 1.85. The van der Waals surface area contributed by atoms with E-state index >= 15 is 0 Å². The number of nitrogens with one attached hydrogen (secondary N) is 1. The molecule has 124 valence electrons. The maximum absolute atomic E-state index is 12.6. The second-order valence-electron chi connectivity index (χ2n) is 5.56. The first kappa shape index (κ1) is 16.3. The predicted octanol–water partition coefficient (Wildman–Crippen LogP) is 3.87. The summed E-state index contributed by atoms with van der Waals surface area (Å²) in [7, 11) is 0. The van der Waals surface area contributed by atoms with E-state index in [0.29, 0.717) is 16.6 Å². The Kier molecular flexibility index (Phi) is 4.40. The average molecular weight is 345 g/mol. The van der Waals surface area contributed by atoms with Crippen LogP contribution in [0.5, 0.6) is 0 Å². The molecule has 2 heterocycles. The first-order chi connectivity index (χ1) is 11.5. The number of amides is 1. The van der Waals surface area contributed by atoms with Gasteiger partial charge in [-0.15, -0.1) is 0 Å². The van der Waals surface area contributed by atoms with E-state index in [4.69, 9.17) is 16.1 Å². The summed E-state index contributed by atoms with van der Waals surface area (Å²) in [5, 5.41) is 11.7. The topological polar surface area (TPSA) is 73.0 Å². The van der Waals surface area contributed by atoms with Crippen molar-refractivity contribution in [2.45, 2.75) is 26.7 Å². The zero-order valence-corrected chi connectivity index (χ0v) is 14.3. The second-order valence-corrected chi connectivity index (χ2v) is 5.99. The van der Waals surface area contributed by atoms with E-state index in [1.807, 2.05) is 26.0 Å². The van der Waals surface area contributed by atoms with Gasteiger partial charge in [-0.25, -0.2) is 4.68 Å². The van der Waals surface area contributed by atoms with Crippen LogP contribution in [0.15, 0.2) is 41.1 Å². The smallest absolute Gasteiger partial charge is 0.232 e. The Hall–Kier alpha value is -2.60. The van der Waals surface area contributed by atoms with Gasteiger partial charge in [0.1, 0.15) is 11.6 Å². The highest BCUT2D eigenvalue weighted by molar-refractivity contribution is 6.30. The number of rotatable bonds is 4. The van der Waals surface area contributed by atoms with Crippen LogP contribution in [0.2, 0.25) is 5.02 Å². The molecule has 0 saturated heterocycles. The molecule has 0 bridgehead atoms. The molecule has 0 aliphatic carbocycles. The maximum Gasteiger partial charge on any atom is 0.232 e. The highest BCUT2D eigenvalue weighted by Crippen LogP contribution is 2.25. The lowest BCUT2D eigenvalue weighted by Crippen LogP contribution is -2.21. The highest BCUT2D eigenvalue weighted by Gasteiger charge is 2.23. The quantitative estimate of drug-likeness (QED) is 0.779. The van der Waals surface area contributed by atoms with Gasteiger partial charge in [0, 0.05) is 16.7 Å². The Morgan fingerprint density at radius 2 is 2.12 bits per heavy atom. The van der Waals surface area contributed by atoms with Crippen LogP contribution in [0, 0.1) is 13.8 Å². The predicted molar refractivity (Wildman–Crippen MR) is 91.6 cm³/mol. The SMILES string of the molecule is Cc1noc(C)c1[C@@H](C)C(=O)Nc1ccnn1-c1cccc(Cl)c1. The van der Waals surface area contributed by atoms with E-state index in [-0.39, 0.29) is 11.8 Å². The van der Waals surface area contributed by atoms with Crippen molar-refractivity contribution in [3.05, 3.63) is 58.6 Å². The fraction of sp³-hybridized carbons (Fsp3) is 0.235. The number of carbonyl (C=O) groups is 1. The number of carbonyl (C=O) groups excluding carboxylic acids is 1. The summed E-state index contributed by atoms with van der Waals surface area (Å²) in [6.07, 6.45) is 1.62. The molecule has 3 aromatic rings. The van der Waals surface area contributed by atoms with Gasteiger partial charge >= 0.3 is 0 Å². The zero-order chi connectivity index (χ0) is 17.3. The standard InChI is InChI=1S/C17H17ClN4O2/c1-10(16-11(2)21-24-12(16)3)17(23)20-15-7-8-19-22(15)14-6-4-5-13(18)9-14/h4-10H,1-3H3,(H,20,23)/t10-/m1/s1. The van der Waals surface area contributed by atoms with Crippen LogP contribution in [-0.4, -0.2) is 20.8 Å². The lowest BCUT2D eigenvalue weighted by Gasteiger charge is -2.13. The van der Waals surface area contributed by atoms with Crippen LogP contribution in [0.1, 0.15) is 29.9 Å². The van der Waals surface area contributed by atoms with E-state index in [1.54, 1.807) is 36.0 Å². The molecule has 24 heavy (non-hydrogen) atoms. The van der Waals surface area contributed by atoms with E-state index in [9.17, 15) is 4.79 Å². The van der Waals surface area contributed by atoms with Gasteiger partial charge in [-0.1, -0.05) is 22.8 Å². The number of aryl methyl sites for hydroxylation is 2. The summed E-state index contributed by atoms with van der Waals surface area (Å²) in [5.41, 5.74) is 2.30. The molecule has 6 nitrogen and oxygen atoms in total. The molecule has 0 saturated carbocycles. The third-order valence-corrected chi connectivity index (χ3v) is 4.10. The molecule has 0 fully saturated rings. The molecule has 1 amide bonds. The molecule has 1 aromatic carbocycles. The molecular formula is C17H17ClN4O2. The zero-order valence-electron chi connectivity index (χ0n) is 13.6. The molecule has 2 aromatic heterocycles. The Morgan fingerprint density at radius 3 is 2.79 bits per heavy atom.